The summed E-state index contributed by atoms with van der Waals surface area (Å²) in [5.41, 5.74) is 1.73. The van der Waals surface area contributed by atoms with E-state index >= 15 is 0 Å². The van der Waals surface area contributed by atoms with Gasteiger partial charge in [-0.25, -0.2) is 4.39 Å². The highest BCUT2D eigenvalue weighted by atomic mass is 35.5. The summed E-state index contributed by atoms with van der Waals surface area (Å²) in [6, 6.07) is 12.5. The van der Waals surface area contributed by atoms with Crippen LogP contribution in [-0.4, -0.2) is 57.7 Å². The summed E-state index contributed by atoms with van der Waals surface area (Å²) in [6.07, 6.45) is 0. The number of benzene rings is 2. The van der Waals surface area contributed by atoms with Crippen LogP contribution in [0.2, 0.25) is 5.02 Å². The number of nitrogens with zero attached hydrogens (tertiary/aromatic N) is 1. The van der Waals surface area contributed by atoms with E-state index in [4.69, 9.17) is 16.3 Å². The van der Waals surface area contributed by atoms with Gasteiger partial charge in [-0.15, -0.1) is 0 Å². The van der Waals surface area contributed by atoms with Crippen molar-refractivity contribution >= 4 is 17.5 Å². The number of halogens is 2. The van der Waals surface area contributed by atoms with E-state index in [-0.39, 0.29) is 11.7 Å². The molecule has 0 bridgehead atoms. The van der Waals surface area contributed by atoms with Crippen LogP contribution in [0.25, 0.3) is 0 Å². The van der Waals surface area contributed by atoms with E-state index in [1.807, 2.05) is 36.2 Å². The van der Waals surface area contributed by atoms with Crippen molar-refractivity contribution in [2.75, 3.05) is 46.9 Å². The van der Waals surface area contributed by atoms with Gasteiger partial charge in [0, 0.05) is 16.1 Å². The second-order valence-corrected chi connectivity index (χ2v) is 8.10. The molecule has 1 amide bonds. The Kier molecular flexibility index (Phi) is 7.47. The lowest BCUT2D eigenvalue weighted by molar-refractivity contribution is -0.918. The Morgan fingerprint density at radius 2 is 1.93 bits per heavy atom. The predicted octanol–water partition coefficient (Wildman–Crippen LogP) is 0.430. The average molecular weight is 422 g/mol. The Labute approximate surface area is 176 Å². The van der Waals surface area contributed by atoms with Gasteiger partial charge < -0.3 is 19.4 Å². The Morgan fingerprint density at radius 1 is 1.21 bits per heavy atom. The molecule has 1 atom stereocenters. The SMILES string of the molecule is COc1ccc(Cl)cc1C[NH+](C)CC(=O)N1CC[NH+](Cc2ccccc2F)CC1. The van der Waals surface area contributed by atoms with Crippen molar-refractivity contribution in [3.63, 3.8) is 0 Å². The van der Waals surface area contributed by atoms with Gasteiger partial charge in [0.25, 0.3) is 5.91 Å². The molecule has 5 nitrogen and oxygen atoms in total. The molecule has 2 aromatic rings. The molecular weight excluding hydrogens is 393 g/mol. The van der Waals surface area contributed by atoms with E-state index in [9.17, 15) is 9.18 Å². The molecule has 0 aliphatic carbocycles. The second-order valence-electron chi connectivity index (χ2n) is 7.67. The van der Waals surface area contributed by atoms with Crippen molar-refractivity contribution < 1.29 is 23.7 Å². The molecule has 2 aromatic carbocycles. The molecule has 0 spiro atoms. The van der Waals surface area contributed by atoms with Crippen molar-refractivity contribution in [2.45, 2.75) is 13.1 Å². The van der Waals surface area contributed by atoms with Crippen LogP contribution < -0.4 is 14.5 Å². The molecule has 0 saturated carbocycles. The van der Waals surface area contributed by atoms with Gasteiger partial charge in [-0.05, 0) is 24.3 Å². The Balaban J connectivity index is 1.48. The number of rotatable bonds is 7. The van der Waals surface area contributed by atoms with E-state index < -0.39 is 0 Å². The number of methoxy groups -OCH3 is 1. The molecule has 7 heteroatoms. The van der Waals surface area contributed by atoms with Gasteiger partial charge in [0.1, 0.15) is 24.7 Å². The minimum Gasteiger partial charge on any atom is -0.496 e. The minimum atomic E-state index is -0.153. The molecule has 1 aliphatic heterocycles. The first-order chi connectivity index (χ1) is 14.0. The topological polar surface area (TPSA) is 38.4 Å². The number of carbonyl (C=O) groups excluding carboxylic acids is 1. The summed E-state index contributed by atoms with van der Waals surface area (Å²) >= 11 is 6.10. The summed E-state index contributed by atoms with van der Waals surface area (Å²) in [5.74, 6) is 0.778. The standard InChI is InChI=1S/C22H27ClFN3O2/c1-25(14-18-13-19(23)7-8-21(18)29-2)16-22(28)27-11-9-26(10-12-27)15-17-5-3-4-6-20(17)24/h3-8,13H,9-12,14-16H2,1-2H3/p+2. The zero-order chi connectivity index (χ0) is 20.8. The van der Waals surface area contributed by atoms with Gasteiger partial charge in [-0.2, -0.15) is 0 Å². The Hall–Kier alpha value is -2.15. The maximum Gasteiger partial charge on any atom is 0.278 e. The van der Waals surface area contributed by atoms with Gasteiger partial charge in [0.15, 0.2) is 6.54 Å². The number of hydrogen-bond acceptors (Lipinski definition) is 2. The summed E-state index contributed by atoms with van der Waals surface area (Å²) in [4.78, 5) is 17.0. The summed E-state index contributed by atoms with van der Waals surface area (Å²) in [6.45, 7) is 4.82. The summed E-state index contributed by atoms with van der Waals surface area (Å²) in [5, 5.41) is 0.661. The third-order valence-corrected chi connectivity index (χ3v) is 5.64. The third kappa shape index (κ3) is 5.92. The quantitative estimate of drug-likeness (QED) is 0.680. The number of hydrogen-bond donors (Lipinski definition) is 2. The van der Waals surface area contributed by atoms with Crippen LogP contribution in [0.5, 0.6) is 5.75 Å². The molecule has 1 saturated heterocycles. The van der Waals surface area contributed by atoms with Crippen LogP contribution >= 0.6 is 11.6 Å². The van der Waals surface area contributed by atoms with E-state index in [1.54, 1.807) is 19.2 Å². The van der Waals surface area contributed by atoms with Gasteiger partial charge in [0.05, 0.1) is 40.3 Å². The Morgan fingerprint density at radius 3 is 2.62 bits per heavy atom. The van der Waals surface area contributed by atoms with Crippen molar-refractivity contribution in [3.8, 4) is 5.75 Å². The van der Waals surface area contributed by atoms with Crippen molar-refractivity contribution in [2.24, 2.45) is 0 Å². The minimum absolute atomic E-state index is 0.147. The summed E-state index contributed by atoms with van der Waals surface area (Å²) in [7, 11) is 3.63. The first kappa shape index (κ1) is 21.6. The number of amides is 1. The normalized spacial score (nSPS) is 15.9. The largest absolute Gasteiger partial charge is 0.496 e. The predicted molar refractivity (Wildman–Crippen MR) is 111 cm³/mol. The van der Waals surface area contributed by atoms with Crippen LogP contribution in [0.1, 0.15) is 11.1 Å². The maximum absolute atomic E-state index is 13.9. The molecule has 1 aliphatic rings. The monoisotopic (exact) mass is 421 g/mol. The first-order valence-corrected chi connectivity index (χ1v) is 10.3. The highest BCUT2D eigenvalue weighted by molar-refractivity contribution is 6.30. The van der Waals surface area contributed by atoms with Crippen LogP contribution in [0.15, 0.2) is 42.5 Å². The molecule has 1 fully saturated rings. The second kappa shape index (κ2) is 10.1. The number of carbonyl (C=O) groups is 1. The van der Waals surface area contributed by atoms with E-state index in [0.29, 0.717) is 37.7 Å². The van der Waals surface area contributed by atoms with E-state index in [0.717, 1.165) is 34.9 Å². The summed E-state index contributed by atoms with van der Waals surface area (Å²) < 4.78 is 19.2. The van der Waals surface area contributed by atoms with E-state index in [1.165, 1.54) is 11.0 Å². The molecular formula is C22H29ClFN3O2+2. The van der Waals surface area contributed by atoms with Crippen LogP contribution in [-0.2, 0) is 17.9 Å². The van der Waals surface area contributed by atoms with Gasteiger partial charge in [-0.1, -0.05) is 29.8 Å². The number of likely N-dealkylation sites (N-methyl/N-ethyl adjacent to an activating group) is 1. The molecule has 1 heterocycles. The fourth-order valence-corrected chi connectivity index (χ4v) is 4.00. The smallest absolute Gasteiger partial charge is 0.278 e. The fraction of sp³-hybridized carbons (Fsp3) is 0.409. The van der Waals surface area contributed by atoms with Gasteiger partial charge in [-0.3, -0.25) is 4.79 Å². The van der Waals surface area contributed by atoms with Crippen molar-refractivity contribution in [3.05, 3.63) is 64.4 Å². The van der Waals surface area contributed by atoms with Crippen LogP contribution in [0.3, 0.4) is 0 Å². The highest BCUT2D eigenvalue weighted by Crippen LogP contribution is 2.21. The van der Waals surface area contributed by atoms with Crippen molar-refractivity contribution in [1.82, 2.24) is 4.90 Å². The highest BCUT2D eigenvalue weighted by Gasteiger charge is 2.26. The molecule has 1 unspecified atom stereocenters. The van der Waals surface area contributed by atoms with Crippen LogP contribution in [0, 0.1) is 5.82 Å². The number of ether oxygens (including phenoxy) is 1. The van der Waals surface area contributed by atoms with Crippen molar-refractivity contribution in [1.29, 1.82) is 0 Å². The molecule has 2 N–H and O–H groups in total. The average Bonchev–Trinajstić information content (AvgIpc) is 2.70. The molecule has 156 valence electrons. The molecule has 3 rings (SSSR count). The lowest BCUT2D eigenvalue weighted by atomic mass is 10.2. The third-order valence-electron chi connectivity index (χ3n) is 5.41. The number of nitrogens with one attached hydrogen (secondary N) is 2. The number of piperazine rings is 1. The van der Waals surface area contributed by atoms with E-state index in [2.05, 4.69) is 0 Å². The van der Waals surface area contributed by atoms with Crippen LogP contribution in [0.4, 0.5) is 4.39 Å². The van der Waals surface area contributed by atoms with Gasteiger partial charge >= 0.3 is 0 Å². The lowest BCUT2D eigenvalue weighted by Gasteiger charge is -2.32. The number of quaternary nitrogens is 2. The molecule has 0 radical (unpaired) electrons. The molecule has 29 heavy (non-hydrogen) atoms. The zero-order valence-electron chi connectivity index (χ0n) is 17.0. The lowest BCUT2D eigenvalue weighted by Crippen LogP contribution is -3.14. The fourth-order valence-electron chi connectivity index (χ4n) is 3.80. The first-order valence-electron chi connectivity index (χ1n) is 9.94. The Bertz CT molecular complexity index is 841. The maximum atomic E-state index is 13.9. The van der Waals surface area contributed by atoms with Gasteiger partial charge in [0.2, 0.25) is 0 Å². The molecule has 0 aromatic heterocycles. The zero-order valence-corrected chi connectivity index (χ0v) is 17.8.